The van der Waals surface area contributed by atoms with Crippen LogP contribution in [0.4, 0.5) is 0 Å². The minimum absolute atomic E-state index is 0.0292. The fraction of sp³-hybridized carbons (Fsp3) is 0.387. The van der Waals surface area contributed by atoms with E-state index in [0.29, 0.717) is 26.4 Å². The Labute approximate surface area is 214 Å². The van der Waals surface area contributed by atoms with Crippen LogP contribution in [0.15, 0.2) is 84.9 Å². The summed E-state index contributed by atoms with van der Waals surface area (Å²) in [7, 11) is 0. The van der Waals surface area contributed by atoms with Crippen LogP contribution in [0, 0.1) is 0 Å². The Balaban J connectivity index is 1.41. The van der Waals surface area contributed by atoms with Crippen LogP contribution in [0.25, 0.3) is 0 Å². The number of morpholine rings is 2. The number of hydrogen-bond donors (Lipinski definition) is 0. The molecular weight excluding hydrogens is 448 g/mol. The highest BCUT2D eigenvalue weighted by Crippen LogP contribution is 2.31. The van der Waals surface area contributed by atoms with E-state index in [1.807, 2.05) is 18.2 Å². The largest absolute Gasteiger partial charge is 0.379 e. The van der Waals surface area contributed by atoms with Gasteiger partial charge in [-0.25, -0.2) is 0 Å². The van der Waals surface area contributed by atoms with Gasteiger partial charge in [0.2, 0.25) is 0 Å². The van der Waals surface area contributed by atoms with Crippen molar-refractivity contribution in [2.45, 2.75) is 24.9 Å². The van der Waals surface area contributed by atoms with Gasteiger partial charge in [-0.05, 0) is 29.5 Å². The van der Waals surface area contributed by atoms with E-state index in [4.69, 9.17) is 9.47 Å². The minimum Gasteiger partial charge on any atom is -0.379 e. The van der Waals surface area contributed by atoms with Gasteiger partial charge < -0.3 is 9.47 Å². The Kier molecular flexibility index (Phi) is 8.57. The maximum absolute atomic E-state index is 14.3. The molecule has 3 aromatic rings. The molecule has 36 heavy (non-hydrogen) atoms. The zero-order valence-corrected chi connectivity index (χ0v) is 20.9. The monoisotopic (exact) mass is 484 g/mol. The molecule has 5 rings (SSSR count). The molecule has 0 spiro atoms. The normalized spacial score (nSPS) is 19.0. The number of carbonyl (C=O) groups excluding carboxylic acids is 1. The van der Waals surface area contributed by atoms with Crippen LogP contribution in [0.3, 0.4) is 0 Å². The van der Waals surface area contributed by atoms with Crippen LogP contribution < -0.4 is 0 Å². The second kappa shape index (κ2) is 12.4. The lowest BCUT2D eigenvalue weighted by molar-refractivity contribution is -0.0301. The Bertz CT molecular complexity index is 1080. The SMILES string of the molecule is O=C(c1ccc(CCc2ccccc2)cc1)[C@H]([C@@H](c1ccccc1)N1CCOCC1)N1CCOCC1. The van der Waals surface area contributed by atoms with Crippen molar-refractivity contribution in [2.24, 2.45) is 0 Å². The van der Waals surface area contributed by atoms with E-state index in [1.165, 1.54) is 16.7 Å². The molecule has 0 aromatic heterocycles. The van der Waals surface area contributed by atoms with Crippen LogP contribution in [0.1, 0.15) is 33.1 Å². The van der Waals surface area contributed by atoms with Crippen LogP contribution in [-0.4, -0.2) is 74.2 Å². The molecule has 2 aliphatic heterocycles. The summed E-state index contributed by atoms with van der Waals surface area (Å²) < 4.78 is 11.3. The van der Waals surface area contributed by atoms with Crippen LogP contribution in [-0.2, 0) is 22.3 Å². The first-order valence-electron chi connectivity index (χ1n) is 13.2. The molecule has 0 aliphatic carbocycles. The molecule has 0 amide bonds. The quantitative estimate of drug-likeness (QED) is 0.421. The molecule has 2 aliphatic rings. The van der Waals surface area contributed by atoms with E-state index in [0.717, 1.165) is 44.6 Å². The Hall–Kier alpha value is -2.83. The van der Waals surface area contributed by atoms with E-state index in [-0.39, 0.29) is 17.9 Å². The number of nitrogens with zero attached hydrogens (tertiary/aromatic N) is 2. The van der Waals surface area contributed by atoms with Crippen LogP contribution in [0.2, 0.25) is 0 Å². The Morgan fingerprint density at radius 3 is 1.72 bits per heavy atom. The van der Waals surface area contributed by atoms with Crippen molar-refractivity contribution in [2.75, 3.05) is 52.6 Å². The molecule has 0 N–H and O–H groups in total. The maximum atomic E-state index is 14.3. The zero-order chi connectivity index (χ0) is 24.6. The topological polar surface area (TPSA) is 42.0 Å². The van der Waals surface area contributed by atoms with E-state index < -0.39 is 0 Å². The summed E-state index contributed by atoms with van der Waals surface area (Å²) in [6.45, 7) is 5.89. The van der Waals surface area contributed by atoms with Crippen molar-refractivity contribution in [1.82, 2.24) is 9.80 Å². The molecule has 5 heteroatoms. The lowest BCUT2D eigenvalue weighted by Gasteiger charge is -2.44. The highest BCUT2D eigenvalue weighted by Gasteiger charge is 2.39. The summed E-state index contributed by atoms with van der Waals surface area (Å²) in [5.74, 6) is 0.187. The number of carbonyl (C=O) groups is 1. The third-order valence-electron chi connectivity index (χ3n) is 7.37. The summed E-state index contributed by atoms with van der Waals surface area (Å²) in [4.78, 5) is 19.0. The smallest absolute Gasteiger partial charge is 0.181 e. The number of rotatable bonds is 9. The second-order valence-electron chi connectivity index (χ2n) is 9.64. The fourth-order valence-electron chi connectivity index (χ4n) is 5.40. The van der Waals surface area contributed by atoms with Crippen molar-refractivity contribution in [1.29, 1.82) is 0 Å². The summed E-state index contributed by atoms with van der Waals surface area (Å²) in [6.07, 6.45) is 1.96. The molecule has 3 aromatic carbocycles. The third kappa shape index (κ3) is 6.11. The highest BCUT2D eigenvalue weighted by atomic mass is 16.5. The highest BCUT2D eigenvalue weighted by molar-refractivity contribution is 6.00. The first-order valence-corrected chi connectivity index (χ1v) is 13.2. The number of ketones is 1. The van der Waals surface area contributed by atoms with Gasteiger partial charge in [-0.3, -0.25) is 14.6 Å². The average Bonchev–Trinajstić information content (AvgIpc) is 2.96. The van der Waals surface area contributed by atoms with E-state index in [2.05, 4.69) is 76.5 Å². The zero-order valence-electron chi connectivity index (χ0n) is 20.9. The molecule has 2 atom stereocenters. The number of Topliss-reactive ketones (excluding diaryl/α,β-unsaturated/α-hetero) is 1. The first kappa shape index (κ1) is 24.8. The first-order chi connectivity index (χ1) is 17.8. The molecule has 0 bridgehead atoms. The molecule has 0 unspecified atom stereocenters. The van der Waals surface area contributed by atoms with Gasteiger partial charge >= 0.3 is 0 Å². The van der Waals surface area contributed by atoms with Gasteiger partial charge in [0.05, 0.1) is 38.5 Å². The van der Waals surface area contributed by atoms with Crippen molar-refractivity contribution >= 4 is 5.78 Å². The molecule has 0 saturated carbocycles. The lowest BCUT2D eigenvalue weighted by Crippen LogP contribution is -2.55. The van der Waals surface area contributed by atoms with Crippen LogP contribution in [0.5, 0.6) is 0 Å². The van der Waals surface area contributed by atoms with Gasteiger partial charge in [0.15, 0.2) is 5.78 Å². The number of benzene rings is 3. The number of ether oxygens (including phenoxy) is 2. The van der Waals surface area contributed by atoms with Crippen molar-refractivity contribution < 1.29 is 14.3 Å². The molecule has 2 saturated heterocycles. The minimum atomic E-state index is -0.274. The molecule has 5 nitrogen and oxygen atoms in total. The number of aryl methyl sites for hydroxylation is 2. The van der Waals surface area contributed by atoms with Gasteiger partial charge in [0, 0.05) is 31.7 Å². The molecule has 188 valence electrons. The molecule has 0 radical (unpaired) electrons. The average molecular weight is 485 g/mol. The van der Waals surface area contributed by atoms with Gasteiger partial charge in [-0.15, -0.1) is 0 Å². The van der Waals surface area contributed by atoms with Crippen molar-refractivity contribution in [3.63, 3.8) is 0 Å². The predicted octanol–water partition coefficient (Wildman–Crippen LogP) is 4.43. The molecular formula is C31H36N2O3. The van der Waals surface area contributed by atoms with E-state index in [9.17, 15) is 4.79 Å². The van der Waals surface area contributed by atoms with E-state index in [1.54, 1.807) is 0 Å². The summed E-state index contributed by atoms with van der Waals surface area (Å²) in [5.41, 5.74) is 4.56. The van der Waals surface area contributed by atoms with Crippen LogP contribution >= 0.6 is 0 Å². The lowest BCUT2D eigenvalue weighted by atomic mass is 9.89. The second-order valence-corrected chi connectivity index (χ2v) is 9.64. The van der Waals surface area contributed by atoms with Crippen molar-refractivity contribution in [3.8, 4) is 0 Å². The Morgan fingerprint density at radius 1 is 0.639 bits per heavy atom. The summed E-state index contributed by atoms with van der Waals surface area (Å²) in [5, 5.41) is 0. The van der Waals surface area contributed by atoms with Gasteiger partial charge in [0.1, 0.15) is 0 Å². The van der Waals surface area contributed by atoms with Gasteiger partial charge in [-0.2, -0.15) is 0 Å². The summed E-state index contributed by atoms with van der Waals surface area (Å²) >= 11 is 0. The standard InChI is InChI=1S/C31H36N2O3/c34-31(28-15-13-26(14-16-28)12-11-25-7-3-1-4-8-25)30(33-19-23-36-24-20-33)29(27-9-5-2-6-10-27)32-17-21-35-22-18-32/h1-10,13-16,29-30H,11-12,17-24H2/t29-,30+/m1/s1. The maximum Gasteiger partial charge on any atom is 0.181 e. The molecule has 2 heterocycles. The molecule has 2 fully saturated rings. The fourth-order valence-corrected chi connectivity index (χ4v) is 5.40. The number of hydrogen-bond acceptors (Lipinski definition) is 5. The summed E-state index contributed by atoms with van der Waals surface area (Å²) in [6, 6.07) is 29.1. The van der Waals surface area contributed by atoms with Gasteiger partial charge in [0.25, 0.3) is 0 Å². The Morgan fingerprint density at radius 2 is 1.14 bits per heavy atom. The predicted molar refractivity (Wildman–Crippen MR) is 142 cm³/mol. The third-order valence-corrected chi connectivity index (χ3v) is 7.37. The van der Waals surface area contributed by atoms with Crippen molar-refractivity contribution in [3.05, 3.63) is 107 Å². The van der Waals surface area contributed by atoms with E-state index >= 15 is 0 Å². The van der Waals surface area contributed by atoms with Gasteiger partial charge in [-0.1, -0.05) is 84.9 Å².